The van der Waals surface area contributed by atoms with Crippen molar-refractivity contribution in [1.29, 1.82) is 0 Å². The van der Waals surface area contributed by atoms with Gasteiger partial charge in [-0.05, 0) is 37.0 Å². The molecule has 2 aromatic rings. The van der Waals surface area contributed by atoms with Gasteiger partial charge in [0.15, 0.2) is 0 Å². The van der Waals surface area contributed by atoms with Gasteiger partial charge in [-0.15, -0.1) is 0 Å². The van der Waals surface area contributed by atoms with Gasteiger partial charge in [0, 0.05) is 36.5 Å². The number of hydrogen-bond acceptors (Lipinski definition) is 2. The first-order valence-corrected chi connectivity index (χ1v) is 7.38. The highest BCUT2D eigenvalue weighted by Gasteiger charge is 2.40. The fourth-order valence-electron chi connectivity index (χ4n) is 3.47. The van der Waals surface area contributed by atoms with E-state index in [9.17, 15) is 4.79 Å². The summed E-state index contributed by atoms with van der Waals surface area (Å²) in [6.45, 7) is 1.03. The Hall–Kier alpha value is -1.52. The van der Waals surface area contributed by atoms with Gasteiger partial charge in [-0.1, -0.05) is 11.6 Å². The van der Waals surface area contributed by atoms with Gasteiger partial charge in [0.2, 0.25) is 0 Å². The lowest BCUT2D eigenvalue weighted by Crippen LogP contribution is -2.44. The number of amides is 1. The van der Waals surface area contributed by atoms with Crippen LogP contribution in [0.4, 0.5) is 0 Å². The van der Waals surface area contributed by atoms with Crippen molar-refractivity contribution in [3.8, 4) is 0 Å². The van der Waals surface area contributed by atoms with Crippen LogP contribution in [0.15, 0.2) is 30.6 Å². The number of fused-ring (bicyclic) bond motifs is 3. The summed E-state index contributed by atoms with van der Waals surface area (Å²) in [6.07, 6.45) is 5.89. The number of carbonyl (C=O) groups is 1. The number of piperidine rings is 1. The van der Waals surface area contributed by atoms with E-state index in [1.165, 1.54) is 6.42 Å². The SMILES string of the molecule is O=C(NC1CC2CC1CN2)c1ccc2cc(Cl)cn2c1. The highest BCUT2D eigenvalue weighted by atomic mass is 35.5. The van der Waals surface area contributed by atoms with Crippen LogP contribution in [0, 0.1) is 5.92 Å². The Morgan fingerprint density at radius 3 is 3.00 bits per heavy atom. The molecule has 0 spiro atoms. The number of hydrogen-bond donors (Lipinski definition) is 2. The first kappa shape index (κ1) is 12.2. The van der Waals surface area contributed by atoms with E-state index < -0.39 is 0 Å². The van der Waals surface area contributed by atoms with E-state index >= 15 is 0 Å². The van der Waals surface area contributed by atoms with E-state index in [0.29, 0.717) is 28.6 Å². The van der Waals surface area contributed by atoms with Gasteiger partial charge < -0.3 is 15.0 Å². The topological polar surface area (TPSA) is 45.5 Å². The Balaban J connectivity index is 1.54. The summed E-state index contributed by atoms with van der Waals surface area (Å²) in [5, 5.41) is 7.31. The predicted octanol–water partition coefficient (Wildman–Crippen LogP) is 2.07. The van der Waals surface area contributed by atoms with Crippen molar-refractivity contribution in [2.45, 2.75) is 24.9 Å². The number of pyridine rings is 1. The second kappa shape index (κ2) is 4.50. The van der Waals surface area contributed by atoms with Crippen LogP contribution in [-0.4, -0.2) is 28.9 Å². The van der Waals surface area contributed by atoms with Gasteiger partial charge >= 0.3 is 0 Å². The van der Waals surface area contributed by atoms with Crippen LogP contribution in [0.25, 0.3) is 5.52 Å². The van der Waals surface area contributed by atoms with E-state index in [-0.39, 0.29) is 5.91 Å². The van der Waals surface area contributed by atoms with Crippen LogP contribution in [-0.2, 0) is 0 Å². The molecule has 1 aliphatic carbocycles. The number of rotatable bonds is 2. The third-order valence-corrected chi connectivity index (χ3v) is 4.71. The van der Waals surface area contributed by atoms with Crippen molar-refractivity contribution < 1.29 is 4.79 Å². The minimum absolute atomic E-state index is 0.00859. The zero-order chi connectivity index (χ0) is 13.7. The number of aromatic nitrogens is 1. The fraction of sp³-hybridized carbons (Fsp3) is 0.400. The molecule has 3 atom stereocenters. The summed E-state index contributed by atoms with van der Waals surface area (Å²) in [5.41, 5.74) is 1.68. The van der Waals surface area contributed by atoms with Gasteiger partial charge in [0.25, 0.3) is 5.91 Å². The maximum Gasteiger partial charge on any atom is 0.253 e. The van der Waals surface area contributed by atoms with Crippen LogP contribution < -0.4 is 10.6 Å². The van der Waals surface area contributed by atoms with Crippen LogP contribution in [0.3, 0.4) is 0 Å². The molecule has 4 rings (SSSR count). The second-order valence-corrected chi connectivity index (χ2v) is 6.26. The van der Waals surface area contributed by atoms with Crippen molar-refractivity contribution in [2.75, 3.05) is 6.54 Å². The maximum atomic E-state index is 12.3. The van der Waals surface area contributed by atoms with Crippen molar-refractivity contribution >= 4 is 23.0 Å². The molecule has 0 radical (unpaired) electrons. The lowest BCUT2D eigenvalue weighted by molar-refractivity contribution is 0.0924. The summed E-state index contributed by atoms with van der Waals surface area (Å²) in [6, 6.07) is 6.56. The second-order valence-electron chi connectivity index (χ2n) is 5.82. The smallest absolute Gasteiger partial charge is 0.253 e. The van der Waals surface area contributed by atoms with E-state index in [1.54, 1.807) is 0 Å². The van der Waals surface area contributed by atoms with Crippen LogP contribution >= 0.6 is 11.6 Å². The third-order valence-electron chi connectivity index (χ3n) is 4.50. The molecule has 2 aliphatic rings. The molecule has 3 unspecified atom stereocenters. The highest BCUT2D eigenvalue weighted by Crippen LogP contribution is 2.31. The average molecular weight is 290 g/mol. The number of carbonyl (C=O) groups excluding carboxylic acids is 1. The number of halogens is 1. The van der Waals surface area contributed by atoms with E-state index in [2.05, 4.69) is 10.6 Å². The predicted molar refractivity (Wildman–Crippen MR) is 78.2 cm³/mol. The van der Waals surface area contributed by atoms with Gasteiger partial charge in [-0.3, -0.25) is 4.79 Å². The molecule has 2 aromatic heterocycles. The van der Waals surface area contributed by atoms with Crippen molar-refractivity contribution in [3.63, 3.8) is 0 Å². The molecule has 20 heavy (non-hydrogen) atoms. The first-order valence-electron chi connectivity index (χ1n) is 7.00. The summed E-state index contributed by atoms with van der Waals surface area (Å²) in [7, 11) is 0. The van der Waals surface area contributed by atoms with Crippen LogP contribution in [0.2, 0.25) is 5.02 Å². The summed E-state index contributed by atoms with van der Waals surface area (Å²) < 4.78 is 1.89. The zero-order valence-electron chi connectivity index (χ0n) is 11.0. The molecule has 1 saturated carbocycles. The van der Waals surface area contributed by atoms with E-state index in [1.807, 2.05) is 35.0 Å². The van der Waals surface area contributed by atoms with Crippen molar-refractivity contribution in [3.05, 3.63) is 41.2 Å². The minimum Gasteiger partial charge on any atom is -0.349 e. The molecular formula is C15H16ClN3O. The standard InChI is InChI=1S/C15H16ClN3O/c16-11-4-13-2-1-9(7-19(13)8-11)15(20)18-14-5-12-3-10(14)6-17-12/h1-2,4,7-8,10,12,14,17H,3,5-6H2,(H,18,20). The molecule has 2 N–H and O–H groups in total. The van der Waals surface area contributed by atoms with Gasteiger partial charge in [-0.2, -0.15) is 0 Å². The average Bonchev–Trinajstić information content (AvgIpc) is 3.10. The Morgan fingerprint density at radius 2 is 2.25 bits per heavy atom. The van der Waals surface area contributed by atoms with Crippen LogP contribution in [0.1, 0.15) is 23.2 Å². The highest BCUT2D eigenvalue weighted by molar-refractivity contribution is 6.31. The normalized spacial score (nSPS) is 28.1. The molecule has 3 heterocycles. The Morgan fingerprint density at radius 1 is 1.35 bits per heavy atom. The molecule has 1 saturated heterocycles. The molecule has 104 valence electrons. The molecule has 1 aliphatic heterocycles. The van der Waals surface area contributed by atoms with E-state index in [0.717, 1.165) is 18.5 Å². The molecule has 4 nitrogen and oxygen atoms in total. The first-order chi connectivity index (χ1) is 9.69. The lowest BCUT2D eigenvalue weighted by atomic mass is 10.0. The third kappa shape index (κ3) is 2.00. The molecule has 2 bridgehead atoms. The van der Waals surface area contributed by atoms with Gasteiger partial charge in [0.05, 0.1) is 10.6 Å². The molecular weight excluding hydrogens is 274 g/mol. The Kier molecular flexibility index (Phi) is 2.75. The molecule has 5 heteroatoms. The molecule has 1 amide bonds. The summed E-state index contributed by atoms with van der Waals surface area (Å²) in [4.78, 5) is 12.3. The lowest BCUT2D eigenvalue weighted by Gasteiger charge is -2.23. The van der Waals surface area contributed by atoms with Crippen molar-refractivity contribution in [1.82, 2.24) is 15.0 Å². The largest absolute Gasteiger partial charge is 0.349 e. The quantitative estimate of drug-likeness (QED) is 0.889. The summed E-state index contributed by atoms with van der Waals surface area (Å²) >= 11 is 5.97. The monoisotopic (exact) mass is 289 g/mol. The number of nitrogens with zero attached hydrogens (tertiary/aromatic N) is 1. The minimum atomic E-state index is 0.00859. The molecule has 0 aromatic carbocycles. The zero-order valence-corrected chi connectivity index (χ0v) is 11.7. The van der Waals surface area contributed by atoms with Gasteiger partial charge in [-0.25, -0.2) is 0 Å². The number of nitrogens with one attached hydrogen (secondary N) is 2. The maximum absolute atomic E-state index is 12.3. The molecule has 2 fully saturated rings. The summed E-state index contributed by atoms with van der Waals surface area (Å²) in [5.74, 6) is 0.600. The fourth-order valence-corrected chi connectivity index (χ4v) is 3.69. The van der Waals surface area contributed by atoms with Crippen molar-refractivity contribution in [2.24, 2.45) is 5.92 Å². The van der Waals surface area contributed by atoms with Crippen LogP contribution in [0.5, 0.6) is 0 Å². The Bertz CT molecular complexity index is 681. The van der Waals surface area contributed by atoms with E-state index in [4.69, 9.17) is 11.6 Å². The Labute approximate surface area is 122 Å². The van der Waals surface area contributed by atoms with Gasteiger partial charge in [0.1, 0.15) is 0 Å².